The third-order valence-corrected chi connectivity index (χ3v) is 7.04. The first kappa shape index (κ1) is 17.9. The number of methoxy groups -OCH3 is 1. The summed E-state index contributed by atoms with van der Waals surface area (Å²) in [7, 11) is 1.74. The first-order valence-corrected chi connectivity index (χ1v) is 10.4. The first-order chi connectivity index (χ1) is 12.6. The van der Waals surface area contributed by atoms with Crippen LogP contribution in [0.3, 0.4) is 0 Å². The SMILES string of the molecule is CCC1CC2(C)CNCCc3c(oc4ccc(OC)cc34)C(CC)C1C2. The Balaban J connectivity index is 1.84. The summed E-state index contributed by atoms with van der Waals surface area (Å²) < 4.78 is 12.0. The van der Waals surface area contributed by atoms with Crippen LogP contribution < -0.4 is 10.1 Å². The van der Waals surface area contributed by atoms with Gasteiger partial charge < -0.3 is 14.5 Å². The zero-order valence-corrected chi connectivity index (χ0v) is 16.7. The molecule has 26 heavy (non-hydrogen) atoms. The summed E-state index contributed by atoms with van der Waals surface area (Å²) in [4.78, 5) is 0. The van der Waals surface area contributed by atoms with Crippen LogP contribution in [0.15, 0.2) is 22.6 Å². The van der Waals surface area contributed by atoms with Gasteiger partial charge >= 0.3 is 0 Å². The van der Waals surface area contributed by atoms with Crippen molar-refractivity contribution in [2.45, 2.75) is 58.8 Å². The number of fused-ring (bicyclic) bond motifs is 5. The lowest BCUT2D eigenvalue weighted by Gasteiger charge is -2.29. The lowest BCUT2D eigenvalue weighted by molar-refractivity contribution is 0.266. The molecule has 1 saturated carbocycles. The molecule has 1 aliphatic carbocycles. The van der Waals surface area contributed by atoms with Crippen molar-refractivity contribution in [3.63, 3.8) is 0 Å². The topological polar surface area (TPSA) is 34.4 Å². The molecule has 4 rings (SSSR count). The molecule has 0 amide bonds. The van der Waals surface area contributed by atoms with Gasteiger partial charge in [-0.3, -0.25) is 0 Å². The Morgan fingerprint density at radius 1 is 1.23 bits per heavy atom. The molecule has 1 fully saturated rings. The monoisotopic (exact) mass is 355 g/mol. The van der Waals surface area contributed by atoms with E-state index in [1.54, 1.807) is 7.11 Å². The molecule has 0 saturated heterocycles. The molecule has 2 heterocycles. The van der Waals surface area contributed by atoms with Gasteiger partial charge in [-0.25, -0.2) is 0 Å². The average molecular weight is 356 g/mol. The fourth-order valence-corrected chi connectivity index (χ4v) is 5.78. The van der Waals surface area contributed by atoms with Crippen LogP contribution in [0.5, 0.6) is 5.75 Å². The molecular weight excluding hydrogens is 322 g/mol. The molecule has 3 heteroatoms. The molecule has 4 atom stereocenters. The molecule has 4 unspecified atom stereocenters. The van der Waals surface area contributed by atoms with E-state index in [9.17, 15) is 0 Å². The van der Waals surface area contributed by atoms with Crippen molar-refractivity contribution in [2.24, 2.45) is 17.3 Å². The van der Waals surface area contributed by atoms with Crippen molar-refractivity contribution >= 4 is 11.0 Å². The number of rotatable bonds is 3. The van der Waals surface area contributed by atoms with Crippen LogP contribution in [0.4, 0.5) is 0 Å². The first-order valence-electron chi connectivity index (χ1n) is 10.4. The predicted molar refractivity (Wildman–Crippen MR) is 107 cm³/mol. The van der Waals surface area contributed by atoms with Gasteiger partial charge in [-0.05, 0) is 67.7 Å². The van der Waals surface area contributed by atoms with Crippen molar-refractivity contribution < 1.29 is 9.15 Å². The van der Waals surface area contributed by atoms with E-state index in [2.05, 4.69) is 38.2 Å². The van der Waals surface area contributed by atoms with Crippen molar-refractivity contribution in [1.82, 2.24) is 5.32 Å². The number of nitrogens with one attached hydrogen (secondary N) is 1. The van der Waals surface area contributed by atoms with E-state index < -0.39 is 0 Å². The number of benzene rings is 1. The Hall–Kier alpha value is -1.48. The smallest absolute Gasteiger partial charge is 0.134 e. The molecule has 1 aromatic carbocycles. The zero-order chi connectivity index (χ0) is 18.3. The Morgan fingerprint density at radius 2 is 2.08 bits per heavy atom. The summed E-state index contributed by atoms with van der Waals surface area (Å²) in [6.45, 7) is 9.36. The van der Waals surface area contributed by atoms with Crippen molar-refractivity contribution in [2.75, 3.05) is 20.2 Å². The van der Waals surface area contributed by atoms with Crippen LogP contribution in [-0.4, -0.2) is 20.2 Å². The highest BCUT2D eigenvalue weighted by Gasteiger charge is 2.45. The van der Waals surface area contributed by atoms with E-state index in [0.717, 1.165) is 49.1 Å². The van der Waals surface area contributed by atoms with Crippen molar-refractivity contribution in [3.8, 4) is 5.75 Å². The summed E-state index contributed by atoms with van der Waals surface area (Å²) in [5.74, 6) is 4.25. The van der Waals surface area contributed by atoms with Gasteiger partial charge in [-0.15, -0.1) is 0 Å². The minimum absolute atomic E-state index is 0.436. The summed E-state index contributed by atoms with van der Waals surface area (Å²) >= 11 is 0. The molecule has 1 N–H and O–H groups in total. The Morgan fingerprint density at radius 3 is 2.81 bits per heavy atom. The number of hydrogen-bond acceptors (Lipinski definition) is 3. The normalized spacial score (nSPS) is 31.8. The quantitative estimate of drug-likeness (QED) is 0.787. The van der Waals surface area contributed by atoms with Gasteiger partial charge in [0.05, 0.1) is 7.11 Å². The summed E-state index contributed by atoms with van der Waals surface area (Å²) in [5.41, 5.74) is 2.86. The minimum atomic E-state index is 0.436. The third kappa shape index (κ3) is 2.94. The maximum absolute atomic E-state index is 6.52. The van der Waals surface area contributed by atoms with Crippen LogP contribution >= 0.6 is 0 Å². The molecule has 2 aromatic rings. The van der Waals surface area contributed by atoms with Crippen LogP contribution in [-0.2, 0) is 6.42 Å². The number of furan rings is 1. The second-order valence-corrected chi connectivity index (χ2v) is 8.80. The van der Waals surface area contributed by atoms with E-state index in [-0.39, 0.29) is 0 Å². The van der Waals surface area contributed by atoms with Crippen molar-refractivity contribution in [1.29, 1.82) is 0 Å². The summed E-state index contributed by atoms with van der Waals surface area (Å²) in [6, 6.07) is 6.25. The summed E-state index contributed by atoms with van der Waals surface area (Å²) in [6.07, 6.45) is 6.14. The number of hydrogen-bond donors (Lipinski definition) is 1. The number of ether oxygens (including phenoxy) is 1. The standard InChI is InChI=1S/C23H33NO2/c1-5-15-12-23(3)13-20(15)17(6-2)22-18(9-10-24-14-23)19-11-16(25-4)7-8-21(19)26-22/h7-8,11,15,17,20,24H,5-6,9-10,12-14H2,1-4H3. The third-order valence-electron chi connectivity index (χ3n) is 7.04. The highest BCUT2D eigenvalue weighted by Crippen LogP contribution is 2.54. The fraction of sp³-hybridized carbons (Fsp3) is 0.652. The van der Waals surface area contributed by atoms with Gasteiger partial charge in [0.25, 0.3) is 0 Å². The van der Waals surface area contributed by atoms with Gasteiger partial charge in [0.2, 0.25) is 0 Å². The second kappa shape index (κ2) is 6.92. The molecule has 3 nitrogen and oxygen atoms in total. The fourth-order valence-electron chi connectivity index (χ4n) is 5.78. The predicted octanol–water partition coefficient (Wildman–Crippen LogP) is 5.52. The molecule has 2 bridgehead atoms. The highest BCUT2D eigenvalue weighted by atomic mass is 16.5. The van der Waals surface area contributed by atoms with Gasteiger partial charge in [-0.1, -0.05) is 27.2 Å². The Kier molecular flexibility index (Phi) is 4.77. The minimum Gasteiger partial charge on any atom is -0.497 e. The second-order valence-electron chi connectivity index (χ2n) is 8.80. The van der Waals surface area contributed by atoms with Gasteiger partial charge in [-0.2, -0.15) is 0 Å². The molecule has 0 radical (unpaired) electrons. The summed E-state index contributed by atoms with van der Waals surface area (Å²) in [5, 5.41) is 5.00. The largest absolute Gasteiger partial charge is 0.497 e. The van der Waals surface area contributed by atoms with Gasteiger partial charge in [0.15, 0.2) is 0 Å². The van der Waals surface area contributed by atoms with Crippen molar-refractivity contribution in [3.05, 3.63) is 29.5 Å². The van der Waals surface area contributed by atoms with E-state index >= 15 is 0 Å². The van der Waals surface area contributed by atoms with Crippen LogP contribution in [0.2, 0.25) is 0 Å². The maximum Gasteiger partial charge on any atom is 0.134 e. The Bertz CT molecular complexity index is 780. The van der Waals surface area contributed by atoms with E-state index in [1.807, 2.05) is 6.07 Å². The van der Waals surface area contributed by atoms with Crippen LogP contribution in [0.1, 0.15) is 63.7 Å². The lowest BCUT2D eigenvalue weighted by Crippen LogP contribution is -2.32. The van der Waals surface area contributed by atoms with Gasteiger partial charge in [0, 0.05) is 23.4 Å². The van der Waals surface area contributed by atoms with E-state index in [4.69, 9.17) is 9.15 Å². The molecule has 142 valence electrons. The zero-order valence-electron chi connectivity index (χ0n) is 16.7. The van der Waals surface area contributed by atoms with Crippen LogP contribution in [0, 0.1) is 17.3 Å². The lowest BCUT2D eigenvalue weighted by atomic mass is 9.77. The molecular formula is C23H33NO2. The molecule has 0 spiro atoms. The van der Waals surface area contributed by atoms with E-state index in [1.165, 1.54) is 36.0 Å². The molecule has 1 aliphatic heterocycles. The highest BCUT2D eigenvalue weighted by molar-refractivity contribution is 5.84. The molecule has 1 aromatic heterocycles. The maximum atomic E-state index is 6.52. The molecule has 2 aliphatic rings. The van der Waals surface area contributed by atoms with E-state index in [0.29, 0.717) is 11.3 Å². The van der Waals surface area contributed by atoms with Gasteiger partial charge in [0.1, 0.15) is 17.1 Å². The van der Waals surface area contributed by atoms with Crippen LogP contribution in [0.25, 0.3) is 11.0 Å². The Labute approximate surface area is 157 Å². The average Bonchev–Trinajstić information content (AvgIpc) is 3.17.